The van der Waals surface area contributed by atoms with Crippen LogP contribution in [-0.2, 0) is 0 Å². The maximum absolute atomic E-state index is 14.0. The van der Waals surface area contributed by atoms with Crippen molar-refractivity contribution in [2.24, 2.45) is 5.73 Å². The fourth-order valence-corrected chi connectivity index (χ4v) is 3.09. The van der Waals surface area contributed by atoms with E-state index >= 15 is 0 Å². The highest BCUT2D eigenvalue weighted by Crippen LogP contribution is 2.26. The minimum absolute atomic E-state index is 0.234. The Hall–Kier alpha value is -0.810. The summed E-state index contributed by atoms with van der Waals surface area (Å²) in [5.74, 6) is 0.798. The van der Waals surface area contributed by atoms with Crippen LogP contribution < -0.4 is 10.6 Å². The van der Waals surface area contributed by atoms with Gasteiger partial charge in [0.2, 0.25) is 0 Å². The molecule has 1 aliphatic heterocycles. The molecule has 1 saturated heterocycles. The summed E-state index contributed by atoms with van der Waals surface area (Å²) in [7, 11) is 0. The van der Waals surface area contributed by atoms with Gasteiger partial charge >= 0.3 is 0 Å². The number of anilines is 1. The number of rotatable bonds is 2. The van der Waals surface area contributed by atoms with E-state index in [4.69, 9.17) is 18.0 Å². The molecular weight excluding hydrogens is 255 g/mol. The molecule has 0 amide bonds. The van der Waals surface area contributed by atoms with E-state index in [1.54, 1.807) is 12.1 Å². The Morgan fingerprint density at radius 2 is 2.35 bits per heavy atom. The van der Waals surface area contributed by atoms with Crippen LogP contribution in [0.5, 0.6) is 0 Å². The highest BCUT2D eigenvalue weighted by atomic mass is 32.2. The molecule has 17 heavy (non-hydrogen) atoms. The number of halogens is 1. The molecule has 92 valence electrons. The van der Waals surface area contributed by atoms with E-state index in [1.165, 1.54) is 6.07 Å². The first-order valence-electron chi connectivity index (χ1n) is 5.54. The van der Waals surface area contributed by atoms with Crippen molar-refractivity contribution in [1.29, 1.82) is 0 Å². The van der Waals surface area contributed by atoms with Crippen LogP contribution in [0.4, 0.5) is 10.1 Å². The Morgan fingerprint density at radius 1 is 1.59 bits per heavy atom. The number of benzene rings is 1. The van der Waals surface area contributed by atoms with Crippen molar-refractivity contribution in [3.63, 3.8) is 0 Å². The van der Waals surface area contributed by atoms with Crippen LogP contribution >= 0.6 is 24.0 Å². The van der Waals surface area contributed by atoms with E-state index in [9.17, 15) is 4.39 Å². The lowest BCUT2D eigenvalue weighted by Crippen LogP contribution is -2.37. The molecule has 5 heteroatoms. The van der Waals surface area contributed by atoms with Gasteiger partial charge in [0.15, 0.2) is 0 Å². The molecule has 1 aliphatic rings. The molecule has 1 fully saturated rings. The number of thioether (sulfide) groups is 1. The SMILES string of the molecule is CC1CN(c2ccc(C(N)=S)cc2F)CCS1. The molecule has 0 saturated carbocycles. The molecule has 1 aromatic carbocycles. The van der Waals surface area contributed by atoms with Crippen LogP contribution in [0.2, 0.25) is 0 Å². The van der Waals surface area contributed by atoms with E-state index in [-0.39, 0.29) is 10.8 Å². The fourth-order valence-electron chi connectivity index (χ4n) is 1.95. The highest BCUT2D eigenvalue weighted by molar-refractivity contribution is 8.00. The van der Waals surface area contributed by atoms with Gasteiger partial charge < -0.3 is 10.6 Å². The van der Waals surface area contributed by atoms with Crippen LogP contribution in [0.25, 0.3) is 0 Å². The van der Waals surface area contributed by atoms with Gasteiger partial charge in [0.05, 0.1) is 5.69 Å². The lowest BCUT2D eigenvalue weighted by Gasteiger charge is -2.32. The zero-order valence-electron chi connectivity index (χ0n) is 9.65. The van der Waals surface area contributed by atoms with E-state index in [2.05, 4.69) is 11.8 Å². The Bertz CT molecular complexity index is 437. The van der Waals surface area contributed by atoms with Crippen LogP contribution in [0.1, 0.15) is 12.5 Å². The van der Waals surface area contributed by atoms with E-state index < -0.39 is 0 Å². The van der Waals surface area contributed by atoms with Crippen molar-refractivity contribution in [1.82, 2.24) is 0 Å². The number of thiocarbonyl (C=S) groups is 1. The molecule has 0 bridgehead atoms. The summed E-state index contributed by atoms with van der Waals surface area (Å²) in [6.45, 7) is 3.93. The molecule has 0 spiro atoms. The molecule has 0 aliphatic carbocycles. The van der Waals surface area contributed by atoms with Crippen molar-refractivity contribution < 1.29 is 4.39 Å². The third-order valence-electron chi connectivity index (χ3n) is 2.81. The summed E-state index contributed by atoms with van der Waals surface area (Å²) < 4.78 is 14.0. The minimum Gasteiger partial charge on any atom is -0.389 e. The third-order valence-corrected chi connectivity index (χ3v) is 4.19. The lowest BCUT2D eigenvalue weighted by molar-refractivity contribution is 0.616. The van der Waals surface area contributed by atoms with Gasteiger partial charge in [-0.05, 0) is 18.2 Å². The summed E-state index contributed by atoms with van der Waals surface area (Å²) >= 11 is 6.76. The smallest absolute Gasteiger partial charge is 0.147 e. The Kier molecular flexibility index (Phi) is 3.89. The zero-order chi connectivity index (χ0) is 12.4. The molecular formula is C12H15FN2S2. The monoisotopic (exact) mass is 270 g/mol. The predicted octanol–water partition coefficient (Wildman–Crippen LogP) is 2.40. The summed E-state index contributed by atoms with van der Waals surface area (Å²) in [6, 6.07) is 4.98. The first-order valence-corrected chi connectivity index (χ1v) is 6.99. The Balaban J connectivity index is 2.23. The second-order valence-corrected chi connectivity index (χ2v) is 6.14. The third kappa shape index (κ3) is 2.90. The molecule has 0 radical (unpaired) electrons. The molecule has 0 aromatic heterocycles. The van der Waals surface area contributed by atoms with E-state index in [0.717, 1.165) is 18.8 Å². The average Bonchev–Trinajstić information content (AvgIpc) is 2.28. The fraction of sp³-hybridized carbons (Fsp3) is 0.417. The first kappa shape index (κ1) is 12.6. The van der Waals surface area contributed by atoms with Gasteiger partial charge in [0, 0.05) is 29.7 Å². The molecule has 1 unspecified atom stereocenters. The van der Waals surface area contributed by atoms with Crippen LogP contribution in [-0.4, -0.2) is 29.1 Å². The van der Waals surface area contributed by atoms with Gasteiger partial charge in [0.1, 0.15) is 10.8 Å². The normalized spacial score (nSPS) is 20.4. The number of nitrogens with two attached hydrogens (primary N) is 1. The molecule has 1 heterocycles. The highest BCUT2D eigenvalue weighted by Gasteiger charge is 2.19. The maximum atomic E-state index is 14.0. The Morgan fingerprint density at radius 3 is 2.94 bits per heavy atom. The van der Waals surface area contributed by atoms with Gasteiger partial charge in [0.25, 0.3) is 0 Å². The van der Waals surface area contributed by atoms with Crippen molar-refractivity contribution in [2.45, 2.75) is 12.2 Å². The number of hydrogen-bond donors (Lipinski definition) is 1. The number of hydrogen-bond acceptors (Lipinski definition) is 3. The van der Waals surface area contributed by atoms with Gasteiger partial charge in [-0.2, -0.15) is 11.8 Å². The van der Waals surface area contributed by atoms with Crippen molar-refractivity contribution >= 4 is 34.7 Å². The Labute approximate surface area is 110 Å². The van der Waals surface area contributed by atoms with Crippen molar-refractivity contribution in [2.75, 3.05) is 23.7 Å². The first-order chi connectivity index (χ1) is 8.08. The second kappa shape index (κ2) is 5.23. The molecule has 2 nitrogen and oxygen atoms in total. The second-order valence-electron chi connectivity index (χ2n) is 4.16. The van der Waals surface area contributed by atoms with E-state index in [1.807, 2.05) is 11.8 Å². The van der Waals surface area contributed by atoms with Gasteiger partial charge in [-0.3, -0.25) is 0 Å². The van der Waals surface area contributed by atoms with Crippen molar-refractivity contribution in [3.05, 3.63) is 29.6 Å². The van der Waals surface area contributed by atoms with Gasteiger partial charge in [-0.15, -0.1) is 0 Å². The van der Waals surface area contributed by atoms with Crippen LogP contribution in [0.15, 0.2) is 18.2 Å². The quantitative estimate of drug-likeness (QED) is 0.836. The lowest BCUT2D eigenvalue weighted by atomic mass is 10.1. The average molecular weight is 270 g/mol. The van der Waals surface area contributed by atoms with Crippen LogP contribution in [0.3, 0.4) is 0 Å². The topological polar surface area (TPSA) is 29.3 Å². The van der Waals surface area contributed by atoms with Crippen molar-refractivity contribution in [3.8, 4) is 0 Å². The molecule has 1 atom stereocenters. The summed E-state index contributed by atoms with van der Waals surface area (Å²) in [6.07, 6.45) is 0. The molecule has 1 aromatic rings. The predicted molar refractivity (Wildman–Crippen MR) is 76.4 cm³/mol. The number of nitrogens with zero attached hydrogens (tertiary/aromatic N) is 1. The van der Waals surface area contributed by atoms with Gasteiger partial charge in [-0.1, -0.05) is 19.1 Å². The largest absolute Gasteiger partial charge is 0.389 e. The van der Waals surface area contributed by atoms with Crippen LogP contribution in [0, 0.1) is 5.82 Å². The molecule has 2 N–H and O–H groups in total. The minimum atomic E-state index is -0.241. The standard InChI is InChI=1S/C12H15FN2S2/c1-8-7-15(4-5-17-8)11-3-2-9(12(14)16)6-10(11)13/h2-3,6,8H,4-5,7H2,1H3,(H2,14,16). The maximum Gasteiger partial charge on any atom is 0.147 e. The van der Waals surface area contributed by atoms with E-state index in [0.29, 0.717) is 16.5 Å². The summed E-state index contributed by atoms with van der Waals surface area (Å²) in [4.78, 5) is 2.32. The zero-order valence-corrected chi connectivity index (χ0v) is 11.3. The molecule has 2 rings (SSSR count). The van der Waals surface area contributed by atoms with Gasteiger partial charge in [-0.25, -0.2) is 4.39 Å². The summed E-state index contributed by atoms with van der Waals surface area (Å²) in [5, 5.41) is 0.540. The summed E-state index contributed by atoms with van der Waals surface area (Å²) in [5.41, 5.74) is 6.72.